The molecule has 0 aliphatic heterocycles. The Hall–Kier alpha value is -0.920. The number of hydrogen-bond acceptors (Lipinski definition) is 4. The second kappa shape index (κ2) is 5.16. The number of nitrogens with zero attached hydrogens (tertiary/aromatic N) is 1. The first-order valence-corrected chi connectivity index (χ1v) is 7.23. The Labute approximate surface area is 100 Å². The number of aliphatic hydroxyl groups is 1. The van der Waals surface area contributed by atoms with Crippen LogP contribution in [0.5, 0.6) is 0 Å². The molecular formula is C10H17N3O3S. The summed E-state index contributed by atoms with van der Waals surface area (Å²) in [6.45, 7) is 0.431. The molecule has 1 aliphatic carbocycles. The van der Waals surface area contributed by atoms with Gasteiger partial charge < -0.3 is 5.11 Å². The molecule has 0 bridgehead atoms. The number of aromatic amines is 1. The van der Waals surface area contributed by atoms with Gasteiger partial charge in [-0.1, -0.05) is 0 Å². The molecule has 6 nitrogen and oxygen atoms in total. The van der Waals surface area contributed by atoms with Gasteiger partial charge in [0.25, 0.3) is 0 Å². The van der Waals surface area contributed by atoms with Crippen LogP contribution in [0.25, 0.3) is 0 Å². The fraction of sp³-hybridized carbons (Fsp3) is 0.700. The second-order valence-corrected chi connectivity index (χ2v) is 6.23. The van der Waals surface area contributed by atoms with Gasteiger partial charge in [-0.3, -0.25) is 5.10 Å². The van der Waals surface area contributed by atoms with Gasteiger partial charge in [0.1, 0.15) is 4.90 Å². The molecule has 1 heterocycles. The largest absolute Gasteiger partial charge is 0.393 e. The van der Waals surface area contributed by atoms with Gasteiger partial charge in [0.15, 0.2) is 0 Å². The summed E-state index contributed by atoms with van der Waals surface area (Å²) in [4.78, 5) is 0.161. The average Bonchev–Trinajstić information content (AvgIpc) is 2.82. The monoisotopic (exact) mass is 259 g/mol. The molecule has 0 unspecified atom stereocenters. The van der Waals surface area contributed by atoms with Gasteiger partial charge in [-0.25, -0.2) is 13.1 Å². The predicted molar refractivity (Wildman–Crippen MR) is 61.7 cm³/mol. The van der Waals surface area contributed by atoms with E-state index in [1.165, 1.54) is 12.4 Å². The van der Waals surface area contributed by atoms with Gasteiger partial charge in [0, 0.05) is 12.7 Å². The molecule has 7 heteroatoms. The fourth-order valence-corrected chi connectivity index (χ4v) is 3.07. The van der Waals surface area contributed by atoms with Gasteiger partial charge in [0.05, 0.1) is 12.3 Å². The van der Waals surface area contributed by atoms with Crippen molar-refractivity contribution in [3.8, 4) is 0 Å². The van der Waals surface area contributed by atoms with Crippen molar-refractivity contribution in [1.29, 1.82) is 0 Å². The number of rotatable bonds is 4. The Morgan fingerprint density at radius 2 is 2.12 bits per heavy atom. The lowest BCUT2D eigenvalue weighted by Gasteiger charge is -2.25. The molecule has 1 aromatic heterocycles. The number of aliphatic hydroxyl groups excluding tert-OH is 1. The van der Waals surface area contributed by atoms with Crippen molar-refractivity contribution in [3.05, 3.63) is 12.4 Å². The molecule has 0 aromatic carbocycles. The number of sulfonamides is 1. The van der Waals surface area contributed by atoms with Crippen molar-refractivity contribution in [2.24, 2.45) is 5.92 Å². The van der Waals surface area contributed by atoms with E-state index in [-0.39, 0.29) is 11.0 Å². The van der Waals surface area contributed by atoms with Crippen molar-refractivity contribution in [2.75, 3.05) is 6.54 Å². The molecule has 1 aliphatic rings. The first-order valence-electron chi connectivity index (χ1n) is 5.74. The number of aromatic nitrogens is 2. The van der Waals surface area contributed by atoms with Gasteiger partial charge >= 0.3 is 0 Å². The van der Waals surface area contributed by atoms with Gasteiger partial charge in [-0.2, -0.15) is 5.10 Å². The van der Waals surface area contributed by atoms with Crippen molar-refractivity contribution in [1.82, 2.24) is 14.9 Å². The lowest BCUT2D eigenvalue weighted by atomic mass is 9.88. The van der Waals surface area contributed by atoms with Crippen LogP contribution in [0.1, 0.15) is 25.7 Å². The van der Waals surface area contributed by atoms with E-state index in [1.807, 2.05) is 0 Å². The molecule has 1 aromatic rings. The van der Waals surface area contributed by atoms with Crippen LogP contribution in [0.4, 0.5) is 0 Å². The third-order valence-corrected chi connectivity index (χ3v) is 4.55. The van der Waals surface area contributed by atoms with Crippen molar-refractivity contribution in [3.63, 3.8) is 0 Å². The van der Waals surface area contributed by atoms with E-state index in [9.17, 15) is 13.5 Å². The minimum Gasteiger partial charge on any atom is -0.393 e. The molecule has 17 heavy (non-hydrogen) atoms. The Morgan fingerprint density at radius 3 is 2.71 bits per heavy atom. The molecule has 2 rings (SSSR count). The Bertz CT molecular complexity index is 435. The van der Waals surface area contributed by atoms with Crippen LogP contribution in [0.2, 0.25) is 0 Å². The van der Waals surface area contributed by atoms with Crippen LogP contribution in [-0.2, 0) is 10.0 Å². The van der Waals surface area contributed by atoms with Crippen LogP contribution < -0.4 is 4.72 Å². The molecule has 0 radical (unpaired) electrons. The summed E-state index contributed by atoms with van der Waals surface area (Å²) in [6, 6.07) is 0. The minimum absolute atomic E-state index is 0.161. The normalized spacial score (nSPS) is 25.9. The standard InChI is InChI=1S/C10H17N3O3S/c14-9-3-1-8(2-4-9)5-13-17(15,16)10-6-11-12-7-10/h6-9,13-14H,1-5H2,(H,11,12). The molecule has 1 fully saturated rings. The van der Waals surface area contributed by atoms with Crippen molar-refractivity contribution in [2.45, 2.75) is 36.7 Å². The number of H-pyrrole nitrogens is 1. The first-order chi connectivity index (χ1) is 8.08. The zero-order valence-electron chi connectivity index (χ0n) is 9.46. The summed E-state index contributed by atoms with van der Waals surface area (Å²) in [5.41, 5.74) is 0. The maximum absolute atomic E-state index is 11.8. The van der Waals surface area contributed by atoms with E-state index < -0.39 is 10.0 Å². The Kier molecular flexibility index (Phi) is 3.80. The predicted octanol–water partition coefficient (Wildman–Crippen LogP) is 0.239. The summed E-state index contributed by atoms with van der Waals surface area (Å²) in [5, 5.41) is 15.4. The summed E-state index contributed by atoms with van der Waals surface area (Å²) < 4.78 is 26.1. The van der Waals surface area contributed by atoms with E-state index >= 15 is 0 Å². The lowest BCUT2D eigenvalue weighted by molar-refractivity contribution is 0.109. The Morgan fingerprint density at radius 1 is 1.41 bits per heavy atom. The highest BCUT2D eigenvalue weighted by molar-refractivity contribution is 7.89. The maximum atomic E-state index is 11.8. The molecule has 0 spiro atoms. The molecule has 96 valence electrons. The lowest BCUT2D eigenvalue weighted by Crippen LogP contribution is -2.32. The van der Waals surface area contributed by atoms with Crippen molar-refractivity contribution < 1.29 is 13.5 Å². The molecule has 0 amide bonds. The maximum Gasteiger partial charge on any atom is 0.243 e. The highest BCUT2D eigenvalue weighted by atomic mass is 32.2. The smallest absolute Gasteiger partial charge is 0.243 e. The second-order valence-electron chi connectivity index (χ2n) is 4.46. The fourth-order valence-electron chi connectivity index (χ4n) is 2.05. The summed E-state index contributed by atoms with van der Waals surface area (Å²) in [6.07, 6.45) is 5.69. The van der Waals surface area contributed by atoms with Gasteiger partial charge in [0.2, 0.25) is 10.0 Å². The molecule has 1 saturated carbocycles. The molecule has 0 saturated heterocycles. The zero-order valence-corrected chi connectivity index (χ0v) is 10.3. The van der Waals surface area contributed by atoms with Crippen molar-refractivity contribution >= 4 is 10.0 Å². The van der Waals surface area contributed by atoms with Crippen LogP contribution >= 0.6 is 0 Å². The number of nitrogens with one attached hydrogen (secondary N) is 2. The third kappa shape index (κ3) is 3.27. The summed E-state index contributed by atoms with van der Waals surface area (Å²) in [5.74, 6) is 0.320. The van der Waals surface area contributed by atoms with Crippen LogP contribution in [-0.4, -0.2) is 36.4 Å². The highest BCUT2D eigenvalue weighted by Gasteiger charge is 2.22. The van der Waals surface area contributed by atoms with E-state index in [0.717, 1.165) is 25.7 Å². The quantitative estimate of drug-likeness (QED) is 0.721. The van der Waals surface area contributed by atoms with E-state index in [2.05, 4.69) is 14.9 Å². The third-order valence-electron chi connectivity index (χ3n) is 3.16. The van der Waals surface area contributed by atoms with Crippen LogP contribution in [0, 0.1) is 5.92 Å². The Balaban J connectivity index is 1.86. The van der Waals surface area contributed by atoms with Crippen LogP contribution in [0.15, 0.2) is 17.3 Å². The highest BCUT2D eigenvalue weighted by Crippen LogP contribution is 2.23. The first kappa shape index (κ1) is 12.5. The minimum atomic E-state index is -3.44. The summed E-state index contributed by atoms with van der Waals surface area (Å²) in [7, 11) is -3.44. The molecule has 3 N–H and O–H groups in total. The molecular weight excluding hydrogens is 242 g/mol. The SMILES string of the molecule is O=S(=O)(NCC1CCC(O)CC1)c1cn[nH]c1. The van der Waals surface area contributed by atoms with E-state index in [4.69, 9.17) is 0 Å². The number of hydrogen-bond donors (Lipinski definition) is 3. The van der Waals surface area contributed by atoms with Gasteiger partial charge in [-0.05, 0) is 31.6 Å². The van der Waals surface area contributed by atoms with E-state index in [0.29, 0.717) is 12.5 Å². The topological polar surface area (TPSA) is 95.1 Å². The summed E-state index contributed by atoms with van der Waals surface area (Å²) >= 11 is 0. The van der Waals surface area contributed by atoms with Crippen LogP contribution in [0.3, 0.4) is 0 Å². The average molecular weight is 259 g/mol. The van der Waals surface area contributed by atoms with Gasteiger partial charge in [-0.15, -0.1) is 0 Å². The van der Waals surface area contributed by atoms with E-state index in [1.54, 1.807) is 0 Å². The molecule has 0 atom stereocenters. The zero-order chi connectivity index (χ0) is 12.3.